The molecule has 1 atom stereocenters. The molecule has 1 aliphatic rings. The number of hydrogen-bond acceptors (Lipinski definition) is 1. The third kappa shape index (κ3) is 3.37. The van der Waals surface area contributed by atoms with Crippen LogP contribution in [0.2, 0.25) is 0 Å². The van der Waals surface area contributed by atoms with Gasteiger partial charge >= 0.3 is 0 Å². The highest BCUT2D eigenvalue weighted by atomic mass is 16.1. The Labute approximate surface area is 81.1 Å². The molecule has 0 spiro atoms. The van der Waals surface area contributed by atoms with Crippen LogP contribution in [0.3, 0.4) is 0 Å². The topological polar surface area (TPSA) is 29.1 Å². The van der Waals surface area contributed by atoms with E-state index in [-0.39, 0.29) is 5.91 Å². The van der Waals surface area contributed by atoms with E-state index in [4.69, 9.17) is 0 Å². The third-order valence-corrected chi connectivity index (χ3v) is 2.99. The largest absolute Gasteiger partial charge is 0.356 e. The van der Waals surface area contributed by atoms with Gasteiger partial charge in [-0.25, -0.2) is 0 Å². The molecular weight excluding hydrogens is 162 g/mol. The van der Waals surface area contributed by atoms with Crippen molar-refractivity contribution in [2.24, 2.45) is 11.3 Å². The van der Waals surface area contributed by atoms with Crippen molar-refractivity contribution in [2.75, 3.05) is 6.54 Å². The molecule has 0 aliphatic carbocycles. The van der Waals surface area contributed by atoms with Crippen LogP contribution in [-0.4, -0.2) is 12.5 Å². The highest BCUT2D eigenvalue weighted by Crippen LogP contribution is 2.32. The lowest BCUT2D eigenvalue weighted by molar-refractivity contribution is -0.124. The average molecular weight is 183 g/mol. The Kier molecular flexibility index (Phi) is 3.34. The van der Waals surface area contributed by atoms with Gasteiger partial charge in [0, 0.05) is 13.0 Å². The average Bonchev–Trinajstić information content (AvgIpc) is 2.08. The minimum atomic E-state index is 0.224. The Hall–Kier alpha value is -0.530. The van der Waals surface area contributed by atoms with E-state index in [9.17, 15) is 4.79 Å². The lowest BCUT2D eigenvalue weighted by atomic mass is 9.77. The zero-order valence-electron chi connectivity index (χ0n) is 9.02. The van der Waals surface area contributed by atoms with Crippen molar-refractivity contribution in [1.29, 1.82) is 0 Å². The molecule has 1 N–H and O–H groups in total. The number of amides is 1. The van der Waals surface area contributed by atoms with Crippen molar-refractivity contribution >= 4 is 5.91 Å². The van der Waals surface area contributed by atoms with Crippen LogP contribution < -0.4 is 5.32 Å². The second kappa shape index (κ2) is 4.12. The Morgan fingerprint density at radius 2 is 2.23 bits per heavy atom. The maximum Gasteiger partial charge on any atom is 0.220 e. The van der Waals surface area contributed by atoms with Gasteiger partial charge in [-0.15, -0.1) is 0 Å². The van der Waals surface area contributed by atoms with E-state index < -0.39 is 0 Å². The highest BCUT2D eigenvalue weighted by molar-refractivity contribution is 5.76. The zero-order valence-corrected chi connectivity index (χ0v) is 9.02. The van der Waals surface area contributed by atoms with Crippen LogP contribution in [0, 0.1) is 11.3 Å². The standard InChI is InChI=1S/C11H21NO/c1-9(2)4-6-11(3)7-5-10(13)12-8-11/h9H,4-8H2,1-3H3,(H,12,13). The molecular formula is C11H21NO. The van der Waals surface area contributed by atoms with E-state index in [1.165, 1.54) is 12.8 Å². The summed E-state index contributed by atoms with van der Waals surface area (Å²) in [5.41, 5.74) is 0.359. The van der Waals surface area contributed by atoms with Gasteiger partial charge in [0.2, 0.25) is 5.91 Å². The lowest BCUT2D eigenvalue weighted by Gasteiger charge is -2.34. The van der Waals surface area contributed by atoms with Crippen molar-refractivity contribution in [1.82, 2.24) is 5.32 Å². The Bertz CT molecular complexity index is 177. The first-order valence-electron chi connectivity index (χ1n) is 5.28. The van der Waals surface area contributed by atoms with E-state index in [1.807, 2.05) is 0 Å². The van der Waals surface area contributed by atoms with Crippen molar-refractivity contribution in [3.63, 3.8) is 0 Å². The van der Waals surface area contributed by atoms with Gasteiger partial charge in [-0.05, 0) is 24.2 Å². The van der Waals surface area contributed by atoms with Crippen LogP contribution in [0.5, 0.6) is 0 Å². The molecule has 1 unspecified atom stereocenters. The fourth-order valence-electron chi connectivity index (χ4n) is 1.75. The van der Waals surface area contributed by atoms with Gasteiger partial charge in [0.15, 0.2) is 0 Å². The first kappa shape index (κ1) is 10.6. The maximum atomic E-state index is 11.0. The van der Waals surface area contributed by atoms with Crippen LogP contribution in [0.1, 0.15) is 46.5 Å². The van der Waals surface area contributed by atoms with Crippen molar-refractivity contribution in [3.8, 4) is 0 Å². The molecule has 2 nitrogen and oxygen atoms in total. The van der Waals surface area contributed by atoms with Crippen LogP contribution >= 0.6 is 0 Å². The van der Waals surface area contributed by atoms with Gasteiger partial charge in [-0.2, -0.15) is 0 Å². The summed E-state index contributed by atoms with van der Waals surface area (Å²) in [5.74, 6) is 0.997. The monoisotopic (exact) mass is 183 g/mol. The van der Waals surface area contributed by atoms with Crippen LogP contribution in [0.25, 0.3) is 0 Å². The first-order valence-corrected chi connectivity index (χ1v) is 5.28. The van der Waals surface area contributed by atoms with Gasteiger partial charge in [-0.1, -0.05) is 27.2 Å². The molecule has 1 rings (SSSR count). The minimum Gasteiger partial charge on any atom is -0.356 e. The fourth-order valence-corrected chi connectivity index (χ4v) is 1.75. The number of carbonyl (C=O) groups is 1. The molecule has 0 radical (unpaired) electrons. The van der Waals surface area contributed by atoms with Crippen molar-refractivity contribution in [3.05, 3.63) is 0 Å². The number of piperidine rings is 1. The van der Waals surface area contributed by atoms with Gasteiger partial charge < -0.3 is 5.32 Å². The Morgan fingerprint density at radius 1 is 1.54 bits per heavy atom. The molecule has 76 valence electrons. The summed E-state index contributed by atoms with van der Waals surface area (Å²) in [6, 6.07) is 0. The van der Waals surface area contributed by atoms with Gasteiger partial charge in [0.05, 0.1) is 0 Å². The van der Waals surface area contributed by atoms with Crippen molar-refractivity contribution < 1.29 is 4.79 Å². The summed E-state index contributed by atoms with van der Waals surface area (Å²) in [4.78, 5) is 11.0. The smallest absolute Gasteiger partial charge is 0.220 e. The fraction of sp³-hybridized carbons (Fsp3) is 0.909. The lowest BCUT2D eigenvalue weighted by Crippen LogP contribution is -2.41. The molecule has 0 aromatic heterocycles. The maximum absolute atomic E-state index is 11.0. The van der Waals surface area contributed by atoms with E-state index in [0.717, 1.165) is 18.9 Å². The summed E-state index contributed by atoms with van der Waals surface area (Å²) in [7, 11) is 0. The summed E-state index contributed by atoms with van der Waals surface area (Å²) in [5, 5.41) is 2.96. The molecule has 1 saturated heterocycles. The summed E-state index contributed by atoms with van der Waals surface area (Å²) in [6.07, 6.45) is 4.29. The van der Waals surface area contributed by atoms with Crippen LogP contribution in [0.4, 0.5) is 0 Å². The minimum absolute atomic E-state index is 0.224. The van der Waals surface area contributed by atoms with Gasteiger partial charge in [0.25, 0.3) is 0 Å². The van der Waals surface area contributed by atoms with Crippen molar-refractivity contribution in [2.45, 2.75) is 46.5 Å². The molecule has 1 aliphatic heterocycles. The van der Waals surface area contributed by atoms with Gasteiger partial charge in [0.1, 0.15) is 0 Å². The molecule has 0 bridgehead atoms. The van der Waals surface area contributed by atoms with E-state index >= 15 is 0 Å². The Morgan fingerprint density at radius 3 is 2.69 bits per heavy atom. The summed E-state index contributed by atoms with van der Waals surface area (Å²) >= 11 is 0. The number of carbonyl (C=O) groups excluding carboxylic acids is 1. The second-order valence-corrected chi connectivity index (χ2v) is 5.02. The Balaban J connectivity index is 2.34. The third-order valence-electron chi connectivity index (χ3n) is 2.99. The predicted octanol–water partition coefficient (Wildman–Crippen LogP) is 2.34. The van der Waals surface area contributed by atoms with E-state index in [0.29, 0.717) is 11.8 Å². The number of hydrogen-bond donors (Lipinski definition) is 1. The van der Waals surface area contributed by atoms with Crippen LogP contribution in [0.15, 0.2) is 0 Å². The van der Waals surface area contributed by atoms with E-state index in [2.05, 4.69) is 26.1 Å². The van der Waals surface area contributed by atoms with E-state index in [1.54, 1.807) is 0 Å². The normalized spacial score (nSPS) is 29.1. The molecule has 0 aromatic carbocycles. The molecule has 2 heteroatoms. The highest BCUT2D eigenvalue weighted by Gasteiger charge is 2.29. The number of rotatable bonds is 3. The molecule has 13 heavy (non-hydrogen) atoms. The summed E-state index contributed by atoms with van der Waals surface area (Å²) < 4.78 is 0. The predicted molar refractivity (Wildman–Crippen MR) is 54.4 cm³/mol. The quantitative estimate of drug-likeness (QED) is 0.715. The SMILES string of the molecule is CC(C)CCC1(C)CCC(=O)NC1. The molecule has 1 amide bonds. The molecule has 0 aromatic rings. The van der Waals surface area contributed by atoms with Crippen LogP contribution in [-0.2, 0) is 4.79 Å². The molecule has 1 fully saturated rings. The molecule has 1 heterocycles. The molecule has 0 saturated carbocycles. The second-order valence-electron chi connectivity index (χ2n) is 5.02. The number of nitrogens with one attached hydrogen (secondary N) is 1. The first-order chi connectivity index (χ1) is 6.02. The van der Waals surface area contributed by atoms with Gasteiger partial charge in [-0.3, -0.25) is 4.79 Å². The summed E-state index contributed by atoms with van der Waals surface area (Å²) in [6.45, 7) is 7.67. The zero-order chi connectivity index (χ0) is 9.90.